The Bertz CT molecular complexity index is 866. The van der Waals surface area contributed by atoms with Crippen molar-refractivity contribution in [2.75, 3.05) is 25.0 Å². The first-order valence-corrected chi connectivity index (χ1v) is 9.40. The Balaban J connectivity index is 1.72. The second-order valence-corrected chi connectivity index (χ2v) is 7.11. The van der Waals surface area contributed by atoms with Crippen LogP contribution in [0.1, 0.15) is 19.4 Å². The first-order chi connectivity index (χ1) is 12.1. The van der Waals surface area contributed by atoms with E-state index in [9.17, 15) is 4.79 Å². The van der Waals surface area contributed by atoms with Crippen LogP contribution in [-0.2, 0) is 4.79 Å². The predicted molar refractivity (Wildman–Crippen MR) is 106 cm³/mol. The van der Waals surface area contributed by atoms with E-state index in [2.05, 4.69) is 49.2 Å². The minimum atomic E-state index is 0.0203. The zero-order chi connectivity index (χ0) is 17.8. The summed E-state index contributed by atoms with van der Waals surface area (Å²) in [5, 5.41) is 3.96. The van der Waals surface area contributed by atoms with Gasteiger partial charge in [-0.1, -0.05) is 19.9 Å². The van der Waals surface area contributed by atoms with Gasteiger partial charge in [0, 0.05) is 11.3 Å². The summed E-state index contributed by atoms with van der Waals surface area (Å²) in [5.41, 5.74) is 4.16. The molecule has 3 rings (SSSR count). The first kappa shape index (κ1) is 17.6. The Labute approximate surface area is 152 Å². The fourth-order valence-electron chi connectivity index (χ4n) is 2.70. The van der Waals surface area contributed by atoms with Crippen LogP contribution in [0.4, 0.5) is 5.69 Å². The minimum Gasteiger partial charge on any atom is -0.325 e. The summed E-state index contributed by atoms with van der Waals surface area (Å²) >= 11 is 1.69. The topological polar surface area (TPSA) is 45.2 Å². The van der Waals surface area contributed by atoms with Crippen LogP contribution < -0.4 is 5.32 Å². The number of carbonyl (C=O) groups excluding carboxylic acids is 1. The second-order valence-electron chi connectivity index (χ2n) is 6.08. The SMILES string of the molecule is CCN(CC)CC(=O)Nc1ccc(-c2nc3ccc(C)cc3s2)cc1. The Morgan fingerprint density at radius 2 is 1.84 bits per heavy atom. The van der Waals surface area contributed by atoms with Crippen molar-refractivity contribution in [1.29, 1.82) is 0 Å². The van der Waals surface area contributed by atoms with Crippen LogP contribution >= 0.6 is 11.3 Å². The van der Waals surface area contributed by atoms with Gasteiger partial charge in [0.2, 0.25) is 5.91 Å². The van der Waals surface area contributed by atoms with Crippen molar-refractivity contribution in [3.05, 3.63) is 48.0 Å². The molecule has 0 unspecified atom stereocenters. The molecule has 1 amide bonds. The van der Waals surface area contributed by atoms with E-state index >= 15 is 0 Å². The van der Waals surface area contributed by atoms with Crippen molar-refractivity contribution in [2.24, 2.45) is 0 Å². The van der Waals surface area contributed by atoms with Gasteiger partial charge in [-0.25, -0.2) is 4.98 Å². The lowest BCUT2D eigenvalue weighted by Crippen LogP contribution is -2.32. The summed E-state index contributed by atoms with van der Waals surface area (Å²) in [5.74, 6) is 0.0203. The molecule has 0 aliphatic rings. The number of hydrogen-bond acceptors (Lipinski definition) is 4. The molecule has 0 radical (unpaired) electrons. The molecule has 130 valence electrons. The van der Waals surface area contributed by atoms with Gasteiger partial charge >= 0.3 is 0 Å². The number of anilines is 1. The quantitative estimate of drug-likeness (QED) is 0.707. The summed E-state index contributed by atoms with van der Waals surface area (Å²) in [7, 11) is 0. The van der Waals surface area contributed by atoms with Gasteiger partial charge in [-0.3, -0.25) is 9.69 Å². The van der Waals surface area contributed by atoms with Crippen LogP contribution in [0.5, 0.6) is 0 Å². The Morgan fingerprint density at radius 3 is 2.52 bits per heavy atom. The summed E-state index contributed by atoms with van der Waals surface area (Å²) in [4.78, 5) is 18.9. The molecule has 0 saturated carbocycles. The van der Waals surface area contributed by atoms with Gasteiger partial charge < -0.3 is 5.32 Å². The molecular formula is C20H23N3OS. The lowest BCUT2D eigenvalue weighted by molar-refractivity contribution is -0.117. The first-order valence-electron chi connectivity index (χ1n) is 8.59. The van der Waals surface area contributed by atoms with Gasteiger partial charge in [-0.05, 0) is 62.0 Å². The lowest BCUT2D eigenvalue weighted by atomic mass is 10.2. The molecule has 0 atom stereocenters. The maximum Gasteiger partial charge on any atom is 0.238 e. The molecule has 1 heterocycles. The smallest absolute Gasteiger partial charge is 0.238 e. The number of thiazole rings is 1. The molecule has 5 heteroatoms. The highest BCUT2D eigenvalue weighted by molar-refractivity contribution is 7.21. The van der Waals surface area contributed by atoms with E-state index in [0.29, 0.717) is 6.54 Å². The van der Waals surface area contributed by atoms with Crippen LogP contribution in [-0.4, -0.2) is 35.4 Å². The number of fused-ring (bicyclic) bond motifs is 1. The van der Waals surface area contributed by atoms with E-state index in [1.165, 1.54) is 10.3 Å². The average Bonchev–Trinajstić information content (AvgIpc) is 3.03. The van der Waals surface area contributed by atoms with E-state index in [-0.39, 0.29) is 5.91 Å². The van der Waals surface area contributed by atoms with Gasteiger partial charge in [-0.15, -0.1) is 11.3 Å². The average molecular weight is 353 g/mol. The molecule has 0 spiro atoms. The number of hydrogen-bond donors (Lipinski definition) is 1. The van der Waals surface area contributed by atoms with Crippen molar-refractivity contribution in [2.45, 2.75) is 20.8 Å². The van der Waals surface area contributed by atoms with Crippen molar-refractivity contribution >= 4 is 33.1 Å². The Hall–Kier alpha value is -2.24. The number of likely N-dealkylation sites (N-methyl/N-ethyl adjacent to an activating group) is 1. The summed E-state index contributed by atoms with van der Waals surface area (Å²) in [6.07, 6.45) is 0. The summed E-state index contributed by atoms with van der Waals surface area (Å²) in [6, 6.07) is 14.2. The monoisotopic (exact) mass is 353 g/mol. The second kappa shape index (κ2) is 7.76. The van der Waals surface area contributed by atoms with Gasteiger partial charge in [0.25, 0.3) is 0 Å². The lowest BCUT2D eigenvalue weighted by Gasteiger charge is -2.17. The Kier molecular flexibility index (Phi) is 5.46. The van der Waals surface area contributed by atoms with Crippen LogP contribution in [0.2, 0.25) is 0 Å². The zero-order valence-corrected chi connectivity index (χ0v) is 15.7. The molecule has 0 fully saturated rings. The molecule has 4 nitrogen and oxygen atoms in total. The molecule has 0 bridgehead atoms. The van der Waals surface area contributed by atoms with E-state index in [1.807, 2.05) is 24.3 Å². The maximum absolute atomic E-state index is 12.1. The van der Waals surface area contributed by atoms with Crippen molar-refractivity contribution in [3.8, 4) is 10.6 Å². The molecule has 1 aromatic heterocycles. The molecule has 25 heavy (non-hydrogen) atoms. The van der Waals surface area contributed by atoms with Gasteiger partial charge in [0.15, 0.2) is 0 Å². The van der Waals surface area contributed by atoms with Crippen molar-refractivity contribution in [1.82, 2.24) is 9.88 Å². The predicted octanol–water partition coefficient (Wildman–Crippen LogP) is 4.55. The number of amides is 1. The van der Waals surface area contributed by atoms with E-state index in [4.69, 9.17) is 4.98 Å². The van der Waals surface area contributed by atoms with Crippen LogP contribution in [0, 0.1) is 6.92 Å². The zero-order valence-electron chi connectivity index (χ0n) is 14.9. The van der Waals surface area contributed by atoms with E-state index < -0.39 is 0 Å². The summed E-state index contributed by atoms with van der Waals surface area (Å²) < 4.78 is 1.20. The van der Waals surface area contributed by atoms with E-state index in [0.717, 1.165) is 34.9 Å². The number of benzene rings is 2. The van der Waals surface area contributed by atoms with Crippen LogP contribution in [0.25, 0.3) is 20.8 Å². The summed E-state index contributed by atoms with van der Waals surface area (Å²) in [6.45, 7) is 8.39. The fraction of sp³-hybridized carbons (Fsp3) is 0.300. The highest BCUT2D eigenvalue weighted by Gasteiger charge is 2.09. The number of rotatable bonds is 6. The highest BCUT2D eigenvalue weighted by Crippen LogP contribution is 2.31. The largest absolute Gasteiger partial charge is 0.325 e. The third-order valence-corrected chi connectivity index (χ3v) is 5.29. The number of nitrogens with one attached hydrogen (secondary N) is 1. The molecule has 1 N–H and O–H groups in total. The number of aryl methyl sites for hydroxylation is 1. The fourth-order valence-corrected chi connectivity index (χ4v) is 3.77. The molecule has 3 aromatic rings. The standard InChI is InChI=1S/C20H23N3OS/c1-4-23(5-2)13-19(24)21-16-9-7-15(8-10-16)20-22-17-11-6-14(3)12-18(17)25-20/h6-12H,4-5,13H2,1-3H3,(H,21,24). The highest BCUT2D eigenvalue weighted by atomic mass is 32.1. The number of aromatic nitrogens is 1. The van der Waals surface area contributed by atoms with Crippen molar-refractivity contribution < 1.29 is 4.79 Å². The van der Waals surface area contributed by atoms with Gasteiger partial charge in [-0.2, -0.15) is 0 Å². The van der Waals surface area contributed by atoms with Crippen molar-refractivity contribution in [3.63, 3.8) is 0 Å². The molecule has 0 saturated heterocycles. The van der Waals surface area contributed by atoms with Crippen LogP contribution in [0.3, 0.4) is 0 Å². The third-order valence-electron chi connectivity index (χ3n) is 4.22. The molecular weight excluding hydrogens is 330 g/mol. The van der Waals surface area contributed by atoms with E-state index in [1.54, 1.807) is 11.3 Å². The third kappa shape index (κ3) is 4.24. The van der Waals surface area contributed by atoms with Crippen LogP contribution in [0.15, 0.2) is 42.5 Å². The number of nitrogens with zero attached hydrogens (tertiary/aromatic N) is 2. The molecule has 2 aromatic carbocycles. The minimum absolute atomic E-state index is 0.0203. The normalized spacial score (nSPS) is 11.2. The van der Waals surface area contributed by atoms with Gasteiger partial charge in [0.1, 0.15) is 5.01 Å². The van der Waals surface area contributed by atoms with Gasteiger partial charge in [0.05, 0.1) is 16.8 Å². The molecule has 0 aliphatic carbocycles. The Morgan fingerprint density at radius 1 is 1.12 bits per heavy atom. The molecule has 0 aliphatic heterocycles. The maximum atomic E-state index is 12.1. The number of carbonyl (C=O) groups is 1.